The van der Waals surface area contributed by atoms with Gasteiger partial charge in [0.25, 0.3) is 0 Å². The molecule has 0 N–H and O–H groups in total. The van der Waals surface area contributed by atoms with E-state index in [0.717, 1.165) is 32.1 Å². The minimum atomic E-state index is -0.00618. The summed E-state index contributed by atoms with van der Waals surface area (Å²) in [5, 5.41) is 0. The van der Waals surface area contributed by atoms with Crippen molar-refractivity contribution in [3.63, 3.8) is 0 Å². The molecule has 0 fully saturated rings. The third-order valence-electron chi connectivity index (χ3n) is 8.10. The third-order valence-corrected chi connectivity index (χ3v) is 8.10. The fourth-order valence-electron chi connectivity index (χ4n) is 5.24. The van der Waals surface area contributed by atoms with Gasteiger partial charge in [-0.1, -0.05) is 150 Å². The largest absolute Gasteiger partial charge is 0.466 e. The number of unbranched alkanes of at least 4 members (excludes halogenated alkanes) is 19. The van der Waals surface area contributed by atoms with Crippen molar-refractivity contribution in [1.82, 2.24) is 0 Å². The summed E-state index contributed by atoms with van der Waals surface area (Å²) in [5.41, 5.74) is 0. The van der Waals surface area contributed by atoms with Crippen molar-refractivity contribution < 1.29 is 19.1 Å². The summed E-state index contributed by atoms with van der Waals surface area (Å²) in [6.45, 7) is 10.2. The molecule has 0 aromatic rings. The molecule has 0 amide bonds. The van der Waals surface area contributed by atoms with E-state index >= 15 is 0 Å². The first-order chi connectivity index (χ1) is 19.0. The molecule has 0 saturated carbocycles. The lowest BCUT2D eigenvalue weighted by Crippen LogP contribution is -2.17. The summed E-state index contributed by atoms with van der Waals surface area (Å²) in [5.74, 6) is 0.990. The number of carbonyl (C=O) groups excluding carboxylic acids is 2. The van der Waals surface area contributed by atoms with E-state index in [9.17, 15) is 9.59 Å². The molecule has 4 heteroatoms. The van der Waals surface area contributed by atoms with E-state index in [1.807, 2.05) is 0 Å². The molecule has 1 atom stereocenters. The molecule has 0 aromatic carbocycles. The van der Waals surface area contributed by atoms with Crippen LogP contribution in [0.25, 0.3) is 0 Å². The zero-order chi connectivity index (χ0) is 28.8. The zero-order valence-corrected chi connectivity index (χ0v) is 26.9. The SMILES string of the molecule is CCCCCCCCOC(=O)CCCCCCCCCCCCC(CC(=O)OCCCCCCCC)C(C)C. The van der Waals surface area contributed by atoms with Crippen LogP contribution in [-0.2, 0) is 19.1 Å². The molecule has 0 rings (SSSR count). The predicted molar refractivity (Wildman–Crippen MR) is 167 cm³/mol. The van der Waals surface area contributed by atoms with Gasteiger partial charge in [0.2, 0.25) is 0 Å². The first kappa shape index (κ1) is 37.9. The van der Waals surface area contributed by atoms with Gasteiger partial charge in [0, 0.05) is 12.8 Å². The first-order valence-corrected chi connectivity index (χ1v) is 17.3. The molecular weight excluding hydrogens is 484 g/mol. The van der Waals surface area contributed by atoms with Crippen LogP contribution in [0.4, 0.5) is 0 Å². The highest BCUT2D eigenvalue weighted by atomic mass is 16.5. The van der Waals surface area contributed by atoms with Crippen molar-refractivity contribution in [2.45, 2.75) is 188 Å². The second-order valence-corrected chi connectivity index (χ2v) is 12.3. The maximum Gasteiger partial charge on any atom is 0.306 e. The summed E-state index contributed by atoms with van der Waals surface area (Å²) in [6, 6.07) is 0. The van der Waals surface area contributed by atoms with Gasteiger partial charge in [-0.15, -0.1) is 0 Å². The van der Waals surface area contributed by atoms with Gasteiger partial charge in [-0.3, -0.25) is 9.59 Å². The van der Waals surface area contributed by atoms with Gasteiger partial charge >= 0.3 is 11.9 Å². The van der Waals surface area contributed by atoms with Crippen LogP contribution in [0, 0.1) is 11.8 Å². The number of esters is 2. The quantitative estimate of drug-likeness (QED) is 0.0656. The number of hydrogen-bond donors (Lipinski definition) is 0. The van der Waals surface area contributed by atoms with Gasteiger partial charge in [0.15, 0.2) is 0 Å². The molecular formula is C35H68O4. The Balaban J connectivity index is 3.53. The maximum atomic E-state index is 12.3. The summed E-state index contributed by atoms with van der Waals surface area (Å²) in [4.78, 5) is 24.1. The summed E-state index contributed by atoms with van der Waals surface area (Å²) in [6.07, 6.45) is 29.4. The molecule has 0 bridgehead atoms. The fraction of sp³-hybridized carbons (Fsp3) is 0.943. The number of carbonyl (C=O) groups is 2. The maximum absolute atomic E-state index is 12.3. The minimum absolute atomic E-state index is 0.00618. The smallest absolute Gasteiger partial charge is 0.306 e. The van der Waals surface area contributed by atoms with Crippen molar-refractivity contribution in [2.24, 2.45) is 11.8 Å². The van der Waals surface area contributed by atoms with Crippen molar-refractivity contribution in [3.8, 4) is 0 Å². The highest BCUT2D eigenvalue weighted by Gasteiger charge is 2.18. The van der Waals surface area contributed by atoms with Crippen LogP contribution in [0.15, 0.2) is 0 Å². The summed E-state index contributed by atoms with van der Waals surface area (Å²) < 4.78 is 10.9. The van der Waals surface area contributed by atoms with E-state index in [1.165, 1.54) is 116 Å². The Bertz CT molecular complexity index is 531. The van der Waals surface area contributed by atoms with Gasteiger partial charge in [-0.2, -0.15) is 0 Å². The van der Waals surface area contributed by atoms with Crippen molar-refractivity contribution in [3.05, 3.63) is 0 Å². The Morgan fingerprint density at radius 2 is 0.872 bits per heavy atom. The Labute approximate surface area is 244 Å². The molecule has 0 radical (unpaired) electrons. The van der Waals surface area contributed by atoms with E-state index in [4.69, 9.17) is 9.47 Å². The van der Waals surface area contributed by atoms with Crippen LogP contribution in [0.2, 0.25) is 0 Å². The molecule has 39 heavy (non-hydrogen) atoms. The van der Waals surface area contributed by atoms with Gasteiger partial charge < -0.3 is 9.47 Å². The average molecular weight is 553 g/mol. The Morgan fingerprint density at radius 3 is 1.33 bits per heavy atom. The van der Waals surface area contributed by atoms with Gasteiger partial charge in [0.1, 0.15) is 0 Å². The molecule has 0 saturated heterocycles. The van der Waals surface area contributed by atoms with E-state index in [-0.39, 0.29) is 11.9 Å². The van der Waals surface area contributed by atoms with Crippen LogP contribution in [0.1, 0.15) is 188 Å². The number of hydrogen-bond acceptors (Lipinski definition) is 4. The van der Waals surface area contributed by atoms with Crippen LogP contribution in [0.5, 0.6) is 0 Å². The molecule has 0 aromatic heterocycles. The first-order valence-electron chi connectivity index (χ1n) is 17.3. The van der Waals surface area contributed by atoms with Crippen LogP contribution < -0.4 is 0 Å². The number of rotatable bonds is 30. The Hall–Kier alpha value is -1.06. The lowest BCUT2D eigenvalue weighted by atomic mass is 9.87. The van der Waals surface area contributed by atoms with Crippen molar-refractivity contribution in [1.29, 1.82) is 0 Å². The van der Waals surface area contributed by atoms with E-state index < -0.39 is 0 Å². The Morgan fingerprint density at radius 1 is 0.487 bits per heavy atom. The monoisotopic (exact) mass is 553 g/mol. The van der Waals surface area contributed by atoms with Gasteiger partial charge in [-0.25, -0.2) is 0 Å². The zero-order valence-electron chi connectivity index (χ0n) is 26.9. The lowest BCUT2D eigenvalue weighted by molar-refractivity contribution is -0.145. The molecule has 0 aliphatic rings. The molecule has 0 heterocycles. The van der Waals surface area contributed by atoms with E-state index in [0.29, 0.717) is 37.9 Å². The molecule has 0 aliphatic heterocycles. The number of ether oxygens (including phenoxy) is 2. The molecule has 232 valence electrons. The van der Waals surface area contributed by atoms with Crippen LogP contribution in [0.3, 0.4) is 0 Å². The van der Waals surface area contributed by atoms with Crippen LogP contribution in [-0.4, -0.2) is 25.2 Å². The van der Waals surface area contributed by atoms with Gasteiger partial charge in [0.05, 0.1) is 13.2 Å². The predicted octanol–water partition coefficient (Wildman–Crippen LogP) is 11.1. The standard InChI is InChI=1S/C35H68O4/c1-5-7-9-11-21-25-29-38-34(36)28-24-20-18-16-14-13-15-17-19-23-27-33(32(3)4)31-35(37)39-30-26-22-12-10-8-6-2/h32-33H,5-31H2,1-4H3. The lowest BCUT2D eigenvalue weighted by Gasteiger charge is -2.20. The Kier molecular flexibility index (Phi) is 29.1. The average Bonchev–Trinajstić information content (AvgIpc) is 2.91. The highest BCUT2D eigenvalue weighted by molar-refractivity contribution is 5.69. The topological polar surface area (TPSA) is 52.6 Å². The normalized spacial score (nSPS) is 12.1. The van der Waals surface area contributed by atoms with E-state index in [1.54, 1.807) is 0 Å². The second kappa shape index (κ2) is 29.9. The van der Waals surface area contributed by atoms with Crippen molar-refractivity contribution in [2.75, 3.05) is 13.2 Å². The van der Waals surface area contributed by atoms with Crippen LogP contribution >= 0.6 is 0 Å². The molecule has 1 unspecified atom stereocenters. The molecule has 0 spiro atoms. The van der Waals surface area contributed by atoms with Crippen molar-refractivity contribution >= 4 is 11.9 Å². The molecule has 4 nitrogen and oxygen atoms in total. The summed E-state index contributed by atoms with van der Waals surface area (Å²) in [7, 11) is 0. The minimum Gasteiger partial charge on any atom is -0.466 e. The summed E-state index contributed by atoms with van der Waals surface area (Å²) >= 11 is 0. The van der Waals surface area contributed by atoms with E-state index in [2.05, 4.69) is 27.7 Å². The molecule has 0 aliphatic carbocycles. The highest BCUT2D eigenvalue weighted by Crippen LogP contribution is 2.23. The third kappa shape index (κ3) is 28.3. The fourth-order valence-corrected chi connectivity index (χ4v) is 5.24. The second-order valence-electron chi connectivity index (χ2n) is 12.3. The van der Waals surface area contributed by atoms with Gasteiger partial charge in [-0.05, 0) is 37.5 Å².